The van der Waals surface area contributed by atoms with Gasteiger partial charge in [-0.05, 0) is 92.0 Å². The van der Waals surface area contributed by atoms with Gasteiger partial charge in [0.2, 0.25) is 5.69 Å². The first-order valence-corrected chi connectivity index (χ1v) is 30.5. The van der Waals surface area contributed by atoms with Crippen LogP contribution in [0.25, 0.3) is 167 Å². The van der Waals surface area contributed by atoms with Crippen molar-refractivity contribution in [2.45, 2.75) is 0 Å². The Bertz CT molecular complexity index is 5450. The number of nitriles is 1. The van der Waals surface area contributed by atoms with Gasteiger partial charge in [0.05, 0.1) is 55.0 Å². The largest absolute Gasteiger partial charge is 0.317 e. The van der Waals surface area contributed by atoms with Crippen molar-refractivity contribution in [2.75, 3.05) is 0 Å². The van der Waals surface area contributed by atoms with E-state index in [-0.39, 0.29) is 0 Å². The quantitative estimate of drug-likeness (QED) is 0.140. The van der Waals surface area contributed by atoms with E-state index < -0.39 is 0 Å². The average Bonchev–Trinajstić information content (AvgIpc) is 2.05. The summed E-state index contributed by atoms with van der Waals surface area (Å²) in [6.07, 6.45) is 0. The van der Waals surface area contributed by atoms with E-state index in [1.54, 1.807) is 22.7 Å². The van der Waals surface area contributed by atoms with Crippen LogP contribution in [0.1, 0.15) is 5.56 Å². The third-order valence-electron chi connectivity index (χ3n) is 17.4. The molecule has 0 saturated heterocycles. The maximum absolute atomic E-state index is 12.8. The molecule has 0 unspecified atom stereocenters. The Kier molecular flexibility index (Phi) is 11.4. The lowest BCUT2D eigenvalue weighted by atomic mass is 9.87. The summed E-state index contributed by atoms with van der Waals surface area (Å²) in [4.78, 5) is 4.85. The Morgan fingerprint density at radius 3 is 1.19 bits per heavy atom. The summed E-state index contributed by atoms with van der Waals surface area (Å²) in [6, 6.07) is 102. The van der Waals surface area contributed by atoms with Crippen molar-refractivity contribution in [1.82, 2.24) is 9.13 Å². The lowest BCUT2D eigenvalue weighted by molar-refractivity contribution is 1.14. The van der Waals surface area contributed by atoms with Crippen LogP contribution < -0.4 is 0 Å². The average molecular weight is 1130 g/mol. The molecule has 17 rings (SSSR count). The fourth-order valence-corrected chi connectivity index (χ4v) is 16.2. The number of hydrogen-bond donors (Lipinski definition) is 0. The molecule has 0 aliphatic rings. The molecule has 86 heavy (non-hydrogen) atoms. The summed E-state index contributed by atoms with van der Waals surface area (Å²) in [5.41, 5.74) is 17.6. The van der Waals surface area contributed by atoms with Crippen molar-refractivity contribution in [3.05, 3.63) is 296 Å². The highest BCUT2D eigenvalue weighted by Crippen LogP contribution is 2.56. The molecular weight excluding hydrogens is 1080 g/mol. The van der Waals surface area contributed by atoms with Crippen LogP contribution >= 0.6 is 22.7 Å². The van der Waals surface area contributed by atoms with E-state index in [1.807, 2.05) is 6.07 Å². The van der Waals surface area contributed by atoms with Gasteiger partial charge in [0.1, 0.15) is 6.07 Å². The molecule has 17 aromatic rings. The van der Waals surface area contributed by atoms with Crippen LogP contribution in [-0.4, -0.2) is 9.13 Å². The SMILES string of the molecule is [C-]#[N+]c1c(-c2cccc(-c3ccccc3)c2)c(C#N)c(-n2c3cccc(-c4ccccc4)c3c3ccc4c5ccccc5sc4c32)c(-c2cccc(-c3ccccc3)c2)c1-n1c2cccc(-c3ccccc3)c2c2ccc3c4ccccc4sc3c21. The molecule has 0 fully saturated rings. The van der Waals surface area contributed by atoms with E-state index in [1.165, 1.54) is 20.2 Å². The van der Waals surface area contributed by atoms with Crippen molar-refractivity contribution in [3.63, 3.8) is 0 Å². The lowest BCUT2D eigenvalue weighted by Crippen LogP contribution is -2.09. The molecule has 0 atom stereocenters. The fraction of sp³-hybridized carbons (Fsp3) is 0. The van der Waals surface area contributed by atoms with E-state index >= 15 is 0 Å². The molecule has 0 amide bonds. The number of fused-ring (bicyclic) bond motifs is 14. The van der Waals surface area contributed by atoms with Gasteiger partial charge in [-0.2, -0.15) is 5.26 Å². The van der Waals surface area contributed by atoms with Crippen LogP contribution in [0, 0.1) is 17.9 Å². The number of benzene rings is 13. The van der Waals surface area contributed by atoms with Crippen LogP contribution in [0.2, 0.25) is 0 Å². The molecule has 0 N–H and O–H groups in total. The van der Waals surface area contributed by atoms with Crippen LogP contribution in [0.4, 0.5) is 5.69 Å². The molecule has 0 radical (unpaired) electrons. The van der Waals surface area contributed by atoms with Gasteiger partial charge in [-0.1, -0.05) is 243 Å². The first kappa shape index (κ1) is 49.5. The molecule has 4 nitrogen and oxygen atoms in total. The zero-order chi connectivity index (χ0) is 57.0. The number of thiophene rings is 2. The normalized spacial score (nSPS) is 11.7. The van der Waals surface area contributed by atoms with Gasteiger partial charge < -0.3 is 9.13 Å². The monoisotopic (exact) mass is 1130 g/mol. The summed E-state index contributed by atoms with van der Waals surface area (Å²) in [5, 5.41) is 21.7. The van der Waals surface area contributed by atoms with Crippen molar-refractivity contribution in [2.24, 2.45) is 0 Å². The third-order valence-corrected chi connectivity index (χ3v) is 19.8. The van der Waals surface area contributed by atoms with E-state index in [0.717, 1.165) is 125 Å². The van der Waals surface area contributed by atoms with Gasteiger partial charge in [-0.15, -0.1) is 22.7 Å². The first-order chi connectivity index (χ1) is 42.6. The number of nitrogens with zero attached hydrogens (tertiary/aromatic N) is 4. The molecule has 0 aliphatic carbocycles. The second kappa shape index (κ2) is 19.8. The number of hydrogen-bond acceptors (Lipinski definition) is 3. The van der Waals surface area contributed by atoms with Crippen LogP contribution in [-0.2, 0) is 0 Å². The van der Waals surface area contributed by atoms with Gasteiger partial charge in [0, 0.05) is 63.6 Å². The predicted molar refractivity (Wildman–Crippen MR) is 364 cm³/mol. The molecule has 6 heteroatoms. The summed E-state index contributed by atoms with van der Waals surface area (Å²) in [5.74, 6) is 0. The minimum atomic E-state index is 0.385. The van der Waals surface area contributed by atoms with Gasteiger partial charge in [-0.3, -0.25) is 0 Å². The maximum atomic E-state index is 12.8. The topological polar surface area (TPSA) is 38.0 Å². The molecule has 4 heterocycles. The maximum Gasteiger partial charge on any atom is 0.220 e. The third kappa shape index (κ3) is 7.45. The molecular formula is C80H46N4S2. The lowest BCUT2D eigenvalue weighted by Gasteiger charge is -2.26. The van der Waals surface area contributed by atoms with Crippen LogP contribution in [0.3, 0.4) is 0 Å². The summed E-state index contributed by atoms with van der Waals surface area (Å²) < 4.78 is 9.46. The van der Waals surface area contributed by atoms with Gasteiger partial charge in [-0.25, -0.2) is 4.85 Å². The standard InChI is InChI=1S/C80H46N4S2/c1-82-74-70(55-32-18-30-53(46-55)49-22-6-2-7-23-49)65(48-81)75(83-66-38-20-36-57(51-26-10-4-11-27-51)72(66)63-44-42-61-59-34-14-16-40-68(59)85-79(61)76(63)83)71(56-33-19-31-54(47-56)50-24-8-3-9-25-50)78(74)84-67-39-21-37-58(52-28-12-5-13-29-52)73(67)64-45-43-62-60-35-15-17-41-69(60)86-80(62)77(64)84/h2-47H. The number of aromatic nitrogens is 2. The first-order valence-electron chi connectivity index (χ1n) is 28.8. The smallest absolute Gasteiger partial charge is 0.220 e. The van der Waals surface area contributed by atoms with Crippen LogP contribution in [0.15, 0.2) is 279 Å². The highest BCUT2D eigenvalue weighted by Gasteiger charge is 2.34. The second-order valence-electron chi connectivity index (χ2n) is 22.0. The Balaban J connectivity index is 1.16. The zero-order valence-electron chi connectivity index (χ0n) is 46.2. The Morgan fingerprint density at radius 2 is 0.721 bits per heavy atom. The summed E-state index contributed by atoms with van der Waals surface area (Å²) in [6.45, 7) is 9.95. The predicted octanol–water partition coefficient (Wildman–Crippen LogP) is 23.0. The molecule has 398 valence electrons. The van der Waals surface area contributed by atoms with Crippen molar-refractivity contribution in [3.8, 4) is 84.2 Å². The molecule has 13 aromatic carbocycles. The molecule has 0 aliphatic heterocycles. The second-order valence-corrected chi connectivity index (χ2v) is 24.1. The van der Waals surface area contributed by atoms with E-state index in [2.05, 4.69) is 288 Å². The van der Waals surface area contributed by atoms with Gasteiger partial charge in [0.15, 0.2) is 0 Å². The van der Waals surface area contributed by atoms with Crippen molar-refractivity contribution in [1.29, 1.82) is 5.26 Å². The summed E-state index contributed by atoms with van der Waals surface area (Å²) in [7, 11) is 0. The molecule has 0 bridgehead atoms. The Labute approximate surface area is 503 Å². The number of rotatable bonds is 8. The molecule has 4 aromatic heterocycles. The van der Waals surface area contributed by atoms with E-state index in [4.69, 9.17) is 4.85 Å². The summed E-state index contributed by atoms with van der Waals surface area (Å²) >= 11 is 3.59. The Morgan fingerprint density at radius 1 is 0.337 bits per heavy atom. The van der Waals surface area contributed by atoms with Gasteiger partial charge in [0.25, 0.3) is 0 Å². The fourth-order valence-electron chi connectivity index (χ4n) is 13.7. The van der Waals surface area contributed by atoms with Gasteiger partial charge >= 0.3 is 0 Å². The zero-order valence-corrected chi connectivity index (χ0v) is 47.8. The molecule has 0 spiro atoms. The van der Waals surface area contributed by atoms with E-state index in [0.29, 0.717) is 28.2 Å². The van der Waals surface area contributed by atoms with E-state index in [9.17, 15) is 11.8 Å². The minimum Gasteiger partial charge on any atom is -0.317 e. The minimum absolute atomic E-state index is 0.385. The van der Waals surface area contributed by atoms with Crippen molar-refractivity contribution < 1.29 is 0 Å². The van der Waals surface area contributed by atoms with Crippen molar-refractivity contribution >= 4 is 112 Å². The molecule has 0 saturated carbocycles. The highest BCUT2D eigenvalue weighted by atomic mass is 32.1. The Hall–Kier alpha value is -11.1. The van der Waals surface area contributed by atoms with Crippen LogP contribution in [0.5, 0.6) is 0 Å². The highest BCUT2D eigenvalue weighted by molar-refractivity contribution is 7.27.